The van der Waals surface area contributed by atoms with Crippen molar-refractivity contribution in [2.24, 2.45) is 0 Å². The van der Waals surface area contributed by atoms with Gasteiger partial charge in [-0.3, -0.25) is 10.1 Å². The fourth-order valence-electron chi connectivity index (χ4n) is 2.32. The quantitative estimate of drug-likeness (QED) is 0.627. The van der Waals surface area contributed by atoms with Crippen LogP contribution in [0, 0.1) is 10.1 Å². The van der Waals surface area contributed by atoms with Gasteiger partial charge in [-0.15, -0.1) is 0 Å². The molecule has 0 aliphatic carbocycles. The first-order valence-electron chi connectivity index (χ1n) is 5.81. The van der Waals surface area contributed by atoms with Gasteiger partial charge in [0.05, 0.1) is 4.92 Å². The summed E-state index contributed by atoms with van der Waals surface area (Å²) >= 11 is 0. The number of anilines is 1. The Bertz CT molecular complexity index is 395. The van der Waals surface area contributed by atoms with Crippen LogP contribution in [0.4, 0.5) is 11.4 Å². The molecule has 2 atom stereocenters. The van der Waals surface area contributed by atoms with E-state index in [-0.39, 0.29) is 10.6 Å². The van der Waals surface area contributed by atoms with E-state index in [2.05, 4.69) is 24.1 Å². The number of non-ortho nitro benzene ring substituents is 1. The molecule has 1 N–H and O–H groups in total. The fourth-order valence-corrected chi connectivity index (χ4v) is 2.32. The third kappa shape index (κ3) is 2.74. The first-order valence-corrected chi connectivity index (χ1v) is 5.81. The second kappa shape index (κ2) is 4.71. The Morgan fingerprint density at radius 1 is 1.24 bits per heavy atom. The van der Waals surface area contributed by atoms with E-state index in [1.54, 1.807) is 12.1 Å². The van der Waals surface area contributed by atoms with E-state index in [0.29, 0.717) is 12.1 Å². The summed E-state index contributed by atoms with van der Waals surface area (Å²) in [6.07, 6.45) is 0. The van der Waals surface area contributed by atoms with Gasteiger partial charge in [0.2, 0.25) is 0 Å². The monoisotopic (exact) mass is 235 g/mol. The lowest BCUT2D eigenvalue weighted by molar-refractivity contribution is -0.384. The molecular formula is C12H17N3O2. The number of nitro benzene ring substituents is 1. The molecule has 5 heteroatoms. The molecule has 1 heterocycles. The molecule has 1 aliphatic heterocycles. The SMILES string of the molecule is CC1CN(c2ccc([N+](=O)[O-])cc2)C[C@H](C)N1. The van der Waals surface area contributed by atoms with E-state index < -0.39 is 0 Å². The first-order chi connectivity index (χ1) is 8.06. The summed E-state index contributed by atoms with van der Waals surface area (Å²) in [6.45, 7) is 6.16. The molecule has 0 aromatic heterocycles. The lowest BCUT2D eigenvalue weighted by atomic mass is 10.1. The van der Waals surface area contributed by atoms with E-state index in [0.717, 1.165) is 18.8 Å². The largest absolute Gasteiger partial charge is 0.368 e. The van der Waals surface area contributed by atoms with Crippen LogP contribution >= 0.6 is 0 Å². The van der Waals surface area contributed by atoms with Gasteiger partial charge < -0.3 is 10.2 Å². The van der Waals surface area contributed by atoms with Crippen molar-refractivity contribution in [1.29, 1.82) is 0 Å². The standard InChI is InChI=1S/C12H17N3O2/c1-9-7-14(8-10(2)13-9)11-3-5-12(6-4-11)15(16)17/h3-6,9-10,13H,7-8H2,1-2H3/t9-,10?/m0/s1. The van der Waals surface area contributed by atoms with Crippen LogP contribution in [-0.2, 0) is 0 Å². The maximum atomic E-state index is 10.6. The summed E-state index contributed by atoms with van der Waals surface area (Å²) in [7, 11) is 0. The Kier molecular flexibility index (Phi) is 3.28. The number of nitrogens with zero attached hydrogens (tertiary/aromatic N) is 2. The van der Waals surface area contributed by atoms with Crippen LogP contribution in [-0.4, -0.2) is 30.1 Å². The van der Waals surface area contributed by atoms with Crippen molar-refractivity contribution in [2.75, 3.05) is 18.0 Å². The Morgan fingerprint density at radius 3 is 2.24 bits per heavy atom. The van der Waals surface area contributed by atoms with Crippen molar-refractivity contribution in [3.63, 3.8) is 0 Å². The van der Waals surface area contributed by atoms with E-state index in [9.17, 15) is 10.1 Å². The van der Waals surface area contributed by atoms with Crippen LogP contribution in [0.15, 0.2) is 24.3 Å². The number of hydrogen-bond donors (Lipinski definition) is 1. The Labute approximate surface area is 101 Å². The van der Waals surface area contributed by atoms with E-state index >= 15 is 0 Å². The average Bonchev–Trinajstić information content (AvgIpc) is 2.28. The third-order valence-electron chi connectivity index (χ3n) is 2.98. The third-order valence-corrected chi connectivity index (χ3v) is 2.98. The van der Waals surface area contributed by atoms with Gasteiger partial charge in [0, 0.05) is 43.0 Å². The molecule has 0 saturated carbocycles. The summed E-state index contributed by atoms with van der Waals surface area (Å²) < 4.78 is 0. The van der Waals surface area contributed by atoms with Crippen LogP contribution in [0.1, 0.15) is 13.8 Å². The Morgan fingerprint density at radius 2 is 1.76 bits per heavy atom. The van der Waals surface area contributed by atoms with Gasteiger partial charge in [-0.2, -0.15) is 0 Å². The fraction of sp³-hybridized carbons (Fsp3) is 0.500. The molecule has 0 amide bonds. The van der Waals surface area contributed by atoms with Crippen molar-refractivity contribution < 1.29 is 4.92 Å². The summed E-state index contributed by atoms with van der Waals surface area (Å²) in [6, 6.07) is 7.65. The highest BCUT2D eigenvalue weighted by atomic mass is 16.6. The van der Waals surface area contributed by atoms with Crippen molar-refractivity contribution in [1.82, 2.24) is 5.32 Å². The van der Waals surface area contributed by atoms with Crippen LogP contribution in [0.2, 0.25) is 0 Å². The van der Waals surface area contributed by atoms with Crippen molar-refractivity contribution in [3.8, 4) is 0 Å². The molecular weight excluding hydrogens is 218 g/mol. The number of hydrogen-bond acceptors (Lipinski definition) is 4. The highest BCUT2D eigenvalue weighted by molar-refractivity contribution is 5.51. The predicted octanol–water partition coefficient (Wildman–Crippen LogP) is 1.78. The molecule has 0 spiro atoms. The maximum absolute atomic E-state index is 10.6. The average molecular weight is 235 g/mol. The minimum absolute atomic E-state index is 0.144. The molecule has 17 heavy (non-hydrogen) atoms. The first kappa shape index (κ1) is 11.9. The van der Waals surface area contributed by atoms with Crippen LogP contribution in [0.5, 0.6) is 0 Å². The van der Waals surface area contributed by atoms with Gasteiger partial charge in [0.1, 0.15) is 0 Å². The van der Waals surface area contributed by atoms with Gasteiger partial charge in [-0.05, 0) is 26.0 Å². The lowest BCUT2D eigenvalue weighted by Gasteiger charge is -2.37. The molecule has 1 aromatic rings. The normalized spacial score (nSPS) is 24.7. The molecule has 1 fully saturated rings. The summed E-state index contributed by atoms with van der Waals surface area (Å²) in [5, 5.41) is 14.0. The van der Waals surface area contributed by atoms with E-state index in [1.807, 2.05) is 12.1 Å². The van der Waals surface area contributed by atoms with E-state index in [1.165, 1.54) is 0 Å². The predicted molar refractivity (Wildman–Crippen MR) is 67.4 cm³/mol. The number of rotatable bonds is 2. The zero-order valence-electron chi connectivity index (χ0n) is 10.1. The number of piperazine rings is 1. The molecule has 1 unspecified atom stereocenters. The smallest absolute Gasteiger partial charge is 0.269 e. The summed E-state index contributed by atoms with van der Waals surface area (Å²) in [5.74, 6) is 0. The Hall–Kier alpha value is -1.62. The topological polar surface area (TPSA) is 58.4 Å². The van der Waals surface area contributed by atoms with Crippen molar-refractivity contribution in [2.45, 2.75) is 25.9 Å². The molecule has 92 valence electrons. The second-order valence-corrected chi connectivity index (χ2v) is 4.65. The molecule has 0 bridgehead atoms. The van der Waals surface area contributed by atoms with Crippen LogP contribution in [0.3, 0.4) is 0 Å². The van der Waals surface area contributed by atoms with Gasteiger partial charge in [0.15, 0.2) is 0 Å². The molecule has 1 aromatic carbocycles. The van der Waals surface area contributed by atoms with Crippen LogP contribution in [0.25, 0.3) is 0 Å². The minimum Gasteiger partial charge on any atom is -0.368 e. The molecule has 5 nitrogen and oxygen atoms in total. The van der Waals surface area contributed by atoms with Crippen molar-refractivity contribution in [3.05, 3.63) is 34.4 Å². The highest BCUT2D eigenvalue weighted by Crippen LogP contribution is 2.21. The summed E-state index contributed by atoms with van der Waals surface area (Å²) in [4.78, 5) is 12.5. The van der Waals surface area contributed by atoms with Gasteiger partial charge in [0.25, 0.3) is 5.69 Å². The lowest BCUT2D eigenvalue weighted by Crippen LogP contribution is -2.54. The number of nitro groups is 1. The maximum Gasteiger partial charge on any atom is 0.269 e. The minimum atomic E-state index is -0.368. The van der Waals surface area contributed by atoms with Gasteiger partial charge >= 0.3 is 0 Å². The number of nitrogens with one attached hydrogen (secondary N) is 1. The molecule has 2 rings (SSSR count). The Balaban J connectivity index is 2.14. The zero-order valence-corrected chi connectivity index (χ0v) is 10.1. The molecule has 0 radical (unpaired) electrons. The molecule has 1 saturated heterocycles. The van der Waals surface area contributed by atoms with Crippen molar-refractivity contribution >= 4 is 11.4 Å². The van der Waals surface area contributed by atoms with Gasteiger partial charge in [-0.25, -0.2) is 0 Å². The second-order valence-electron chi connectivity index (χ2n) is 4.65. The highest BCUT2D eigenvalue weighted by Gasteiger charge is 2.21. The summed E-state index contributed by atoms with van der Waals surface area (Å²) in [5.41, 5.74) is 1.20. The molecule has 1 aliphatic rings. The zero-order chi connectivity index (χ0) is 12.4. The number of benzene rings is 1. The van der Waals surface area contributed by atoms with E-state index in [4.69, 9.17) is 0 Å². The van der Waals surface area contributed by atoms with Gasteiger partial charge in [-0.1, -0.05) is 0 Å². The van der Waals surface area contributed by atoms with Crippen LogP contribution < -0.4 is 10.2 Å².